The van der Waals surface area contributed by atoms with Gasteiger partial charge < -0.3 is 5.32 Å². The van der Waals surface area contributed by atoms with Crippen LogP contribution < -0.4 is 5.32 Å². The van der Waals surface area contributed by atoms with E-state index < -0.39 is 10.0 Å². The van der Waals surface area contributed by atoms with Gasteiger partial charge in [-0.2, -0.15) is 5.10 Å². The standard InChI is InChI=1S/C14H19ClN4O2S2/c1-23(20,21)19-6-4-10(5-7-19)12-8-14(18-17-12)16-9-11-2-3-13(15)22-11/h2-3,8,10H,4-7,9H2,1H3,(H2,16,17,18). The first kappa shape index (κ1) is 16.8. The van der Waals surface area contributed by atoms with Gasteiger partial charge in [-0.1, -0.05) is 11.6 Å². The van der Waals surface area contributed by atoms with Crippen LogP contribution in [0.3, 0.4) is 0 Å². The third-order valence-corrected chi connectivity index (χ3v) is 6.57. The van der Waals surface area contributed by atoms with Crippen molar-refractivity contribution in [3.05, 3.63) is 33.1 Å². The average molecular weight is 375 g/mol. The third-order valence-electron chi connectivity index (χ3n) is 4.03. The Morgan fingerprint density at radius 2 is 2.17 bits per heavy atom. The van der Waals surface area contributed by atoms with Crippen LogP contribution in [0.4, 0.5) is 5.82 Å². The monoisotopic (exact) mass is 374 g/mol. The highest BCUT2D eigenvalue weighted by Crippen LogP contribution is 2.29. The molecule has 1 saturated heterocycles. The van der Waals surface area contributed by atoms with E-state index in [9.17, 15) is 8.42 Å². The summed E-state index contributed by atoms with van der Waals surface area (Å²) >= 11 is 7.46. The van der Waals surface area contributed by atoms with E-state index in [4.69, 9.17) is 11.6 Å². The van der Waals surface area contributed by atoms with Gasteiger partial charge in [-0.15, -0.1) is 11.3 Å². The molecule has 0 spiro atoms. The summed E-state index contributed by atoms with van der Waals surface area (Å²) in [6.45, 7) is 1.83. The van der Waals surface area contributed by atoms with Crippen LogP contribution in [0.25, 0.3) is 0 Å². The van der Waals surface area contributed by atoms with Gasteiger partial charge in [-0.3, -0.25) is 5.10 Å². The van der Waals surface area contributed by atoms with Gasteiger partial charge in [-0.25, -0.2) is 12.7 Å². The molecule has 2 N–H and O–H groups in total. The Balaban J connectivity index is 1.55. The van der Waals surface area contributed by atoms with Crippen molar-refractivity contribution in [1.29, 1.82) is 0 Å². The van der Waals surface area contributed by atoms with E-state index in [1.54, 1.807) is 15.6 Å². The molecule has 0 bridgehead atoms. The lowest BCUT2D eigenvalue weighted by molar-refractivity contribution is 0.318. The van der Waals surface area contributed by atoms with E-state index in [1.165, 1.54) is 6.26 Å². The number of hydrogen-bond donors (Lipinski definition) is 2. The fourth-order valence-electron chi connectivity index (χ4n) is 2.76. The highest BCUT2D eigenvalue weighted by molar-refractivity contribution is 7.88. The van der Waals surface area contributed by atoms with E-state index >= 15 is 0 Å². The quantitative estimate of drug-likeness (QED) is 0.843. The van der Waals surface area contributed by atoms with Crippen molar-refractivity contribution < 1.29 is 8.42 Å². The molecule has 1 aliphatic heterocycles. The smallest absolute Gasteiger partial charge is 0.211 e. The van der Waals surface area contributed by atoms with Crippen molar-refractivity contribution in [3.63, 3.8) is 0 Å². The minimum atomic E-state index is -3.08. The van der Waals surface area contributed by atoms with Gasteiger partial charge in [0.15, 0.2) is 0 Å². The highest BCUT2D eigenvalue weighted by Gasteiger charge is 2.26. The molecule has 1 fully saturated rings. The number of nitrogens with one attached hydrogen (secondary N) is 2. The number of halogens is 1. The van der Waals surface area contributed by atoms with Crippen molar-refractivity contribution in [1.82, 2.24) is 14.5 Å². The summed E-state index contributed by atoms with van der Waals surface area (Å²) in [4.78, 5) is 1.15. The van der Waals surface area contributed by atoms with E-state index in [-0.39, 0.29) is 0 Å². The Morgan fingerprint density at radius 3 is 2.78 bits per heavy atom. The molecule has 0 atom stereocenters. The van der Waals surface area contributed by atoms with Crippen LogP contribution in [0.15, 0.2) is 18.2 Å². The molecule has 0 saturated carbocycles. The van der Waals surface area contributed by atoms with E-state index in [0.29, 0.717) is 25.6 Å². The summed E-state index contributed by atoms with van der Waals surface area (Å²) in [6, 6.07) is 5.89. The van der Waals surface area contributed by atoms with Gasteiger partial charge in [-0.05, 0) is 25.0 Å². The Kier molecular flexibility index (Phi) is 4.96. The maximum atomic E-state index is 11.5. The average Bonchev–Trinajstić information content (AvgIpc) is 3.13. The van der Waals surface area contributed by atoms with Gasteiger partial charge in [0.05, 0.1) is 17.1 Å². The van der Waals surface area contributed by atoms with Gasteiger partial charge in [0.25, 0.3) is 0 Å². The Labute approximate surface area is 144 Å². The first-order chi connectivity index (χ1) is 10.9. The van der Waals surface area contributed by atoms with Crippen molar-refractivity contribution in [2.45, 2.75) is 25.3 Å². The molecule has 0 radical (unpaired) electrons. The van der Waals surface area contributed by atoms with Crippen molar-refractivity contribution in [2.24, 2.45) is 0 Å². The van der Waals surface area contributed by atoms with Crippen LogP contribution in [0.5, 0.6) is 0 Å². The molecule has 3 heterocycles. The zero-order chi connectivity index (χ0) is 16.4. The summed E-state index contributed by atoms with van der Waals surface area (Å²) in [5, 5.41) is 10.6. The molecular formula is C14H19ClN4O2S2. The fraction of sp³-hybridized carbons (Fsp3) is 0.500. The van der Waals surface area contributed by atoms with Gasteiger partial charge >= 0.3 is 0 Å². The lowest BCUT2D eigenvalue weighted by Gasteiger charge is -2.29. The molecule has 3 rings (SSSR count). The minimum absolute atomic E-state index is 0.326. The predicted molar refractivity (Wildman–Crippen MR) is 93.6 cm³/mol. The molecule has 2 aromatic rings. The Bertz CT molecular complexity index is 763. The molecule has 0 unspecified atom stereocenters. The molecular weight excluding hydrogens is 356 g/mol. The van der Waals surface area contributed by atoms with Gasteiger partial charge in [0.2, 0.25) is 10.0 Å². The number of aromatic amines is 1. The van der Waals surface area contributed by atoms with Crippen molar-refractivity contribution >= 4 is 38.8 Å². The van der Waals surface area contributed by atoms with E-state index in [2.05, 4.69) is 15.5 Å². The maximum Gasteiger partial charge on any atom is 0.211 e. The number of sulfonamides is 1. The Morgan fingerprint density at radius 1 is 1.43 bits per heavy atom. The second kappa shape index (κ2) is 6.80. The molecule has 0 aromatic carbocycles. The van der Waals surface area contributed by atoms with Crippen molar-refractivity contribution in [2.75, 3.05) is 24.7 Å². The zero-order valence-electron chi connectivity index (χ0n) is 12.8. The molecule has 0 aliphatic carbocycles. The van der Waals surface area contributed by atoms with E-state index in [1.807, 2.05) is 18.2 Å². The molecule has 9 heteroatoms. The highest BCUT2D eigenvalue weighted by atomic mass is 35.5. The van der Waals surface area contributed by atoms with E-state index in [0.717, 1.165) is 33.6 Å². The van der Waals surface area contributed by atoms with Crippen LogP contribution in [0.1, 0.15) is 29.3 Å². The second-order valence-corrected chi connectivity index (χ2v) is 9.49. The summed E-state index contributed by atoms with van der Waals surface area (Å²) in [5.74, 6) is 1.13. The van der Waals surface area contributed by atoms with Crippen LogP contribution in [0, 0.1) is 0 Å². The van der Waals surface area contributed by atoms with Crippen LogP contribution in [0.2, 0.25) is 4.34 Å². The van der Waals surface area contributed by atoms with Crippen LogP contribution in [-0.4, -0.2) is 42.3 Å². The number of hydrogen-bond acceptors (Lipinski definition) is 5. The molecule has 6 nitrogen and oxygen atoms in total. The maximum absolute atomic E-state index is 11.5. The minimum Gasteiger partial charge on any atom is -0.364 e. The first-order valence-electron chi connectivity index (χ1n) is 7.40. The molecule has 0 amide bonds. The number of anilines is 1. The molecule has 1 aliphatic rings. The largest absolute Gasteiger partial charge is 0.364 e. The van der Waals surface area contributed by atoms with Crippen LogP contribution >= 0.6 is 22.9 Å². The summed E-state index contributed by atoms with van der Waals surface area (Å²) in [5.41, 5.74) is 1.06. The summed E-state index contributed by atoms with van der Waals surface area (Å²) in [7, 11) is -3.08. The lowest BCUT2D eigenvalue weighted by Crippen LogP contribution is -2.37. The van der Waals surface area contributed by atoms with Gasteiger partial charge in [0, 0.05) is 35.6 Å². The summed E-state index contributed by atoms with van der Waals surface area (Å²) < 4.78 is 25.4. The zero-order valence-corrected chi connectivity index (χ0v) is 15.1. The molecule has 23 heavy (non-hydrogen) atoms. The Hall–Kier alpha value is -1.09. The van der Waals surface area contributed by atoms with Gasteiger partial charge in [0.1, 0.15) is 5.82 Å². The molecule has 126 valence electrons. The summed E-state index contributed by atoms with van der Waals surface area (Å²) in [6.07, 6.45) is 2.90. The number of piperidine rings is 1. The third kappa shape index (κ3) is 4.26. The molecule has 2 aromatic heterocycles. The number of thiophene rings is 1. The predicted octanol–water partition coefficient (Wildman–Crippen LogP) is 2.88. The lowest BCUT2D eigenvalue weighted by atomic mass is 9.95. The number of aromatic nitrogens is 2. The van der Waals surface area contributed by atoms with Crippen molar-refractivity contribution in [3.8, 4) is 0 Å². The number of rotatable bonds is 5. The second-order valence-electron chi connectivity index (χ2n) is 5.70. The SMILES string of the molecule is CS(=O)(=O)N1CCC(c2cc(NCc3ccc(Cl)s3)n[nH]2)CC1. The number of nitrogens with zero attached hydrogens (tertiary/aromatic N) is 2. The topological polar surface area (TPSA) is 78.1 Å². The number of H-pyrrole nitrogens is 1. The normalized spacial score (nSPS) is 17.5. The fourth-order valence-corrected chi connectivity index (χ4v) is 4.66. The van der Waals surface area contributed by atoms with Crippen LogP contribution in [-0.2, 0) is 16.6 Å². The first-order valence-corrected chi connectivity index (χ1v) is 10.4.